The molecule has 0 aliphatic rings. The first-order valence-corrected chi connectivity index (χ1v) is 4.55. The van der Waals surface area contributed by atoms with E-state index >= 15 is 0 Å². The van der Waals surface area contributed by atoms with Crippen molar-refractivity contribution in [3.05, 3.63) is 47.0 Å². The van der Waals surface area contributed by atoms with Crippen molar-refractivity contribution in [2.75, 3.05) is 5.73 Å². The summed E-state index contributed by atoms with van der Waals surface area (Å²) in [6.45, 7) is 0. The van der Waals surface area contributed by atoms with Crippen LogP contribution in [0, 0.1) is 0 Å². The first-order valence-electron chi connectivity index (χ1n) is 4.17. The van der Waals surface area contributed by atoms with E-state index in [9.17, 15) is 4.79 Å². The topological polar surface area (TPSA) is 69.1 Å². The Morgan fingerprint density at radius 3 is 3.00 bits per heavy atom. The zero-order chi connectivity index (χ0) is 10.8. The lowest BCUT2D eigenvalue weighted by molar-refractivity contribution is 0.101. The normalized spacial score (nSPS) is 10.2. The third-order valence-electron chi connectivity index (χ3n) is 1.87. The lowest BCUT2D eigenvalue weighted by atomic mass is 10.1. The molecule has 0 aliphatic carbocycles. The second kappa shape index (κ2) is 3.74. The van der Waals surface area contributed by atoms with Crippen molar-refractivity contribution in [3.63, 3.8) is 0 Å². The van der Waals surface area contributed by atoms with Gasteiger partial charge in [-0.3, -0.25) is 4.79 Å². The number of carbonyl (C=O) groups excluding carboxylic acids is 1. The van der Waals surface area contributed by atoms with Crippen LogP contribution in [0.5, 0.6) is 0 Å². The molecule has 5 heteroatoms. The standard InChI is InChI=1S/C10H7ClN2O2/c11-6-4-7(10(12)13-5-6)9(14)8-2-1-3-15-8/h1-5H,(H2,12,13). The maximum absolute atomic E-state index is 11.8. The molecule has 76 valence electrons. The minimum Gasteiger partial charge on any atom is -0.461 e. The van der Waals surface area contributed by atoms with Gasteiger partial charge >= 0.3 is 0 Å². The van der Waals surface area contributed by atoms with Crippen LogP contribution in [0.3, 0.4) is 0 Å². The number of aromatic nitrogens is 1. The second-order valence-electron chi connectivity index (χ2n) is 2.89. The number of nitrogens with zero attached hydrogens (tertiary/aromatic N) is 1. The number of hydrogen-bond acceptors (Lipinski definition) is 4. The van der Waals surface area contributed by atoms with Gasteiger partial charge in [0.1, 0.15) is 5.82 Å². The predicted octanol–water partition coefficient (Wildman–Crippen LogP) is 2.14. The fraction of sp³-hybridized carbons (Fsp3) is 0. The first-order chi connectivity index (χ1) is 7.18. The molecule has 4 nitrogen and oxygen atoms in total. The molecule has 0 aliphatic heterocycles. The highest BCUT2D eigenvalue weighted by atomic mass is 35.5. The van der Waals surface area contributed by atoms with Crippen LogP contribution in [-0.2, 0) is 0 Å². The summed E-state index contributed by atoms with van der Waals surface area (Å²) in [5.74, 6) is 0.0269. The van der Waals surface area contributed by atoms with Gasteiger partial charge in [0.25, 0.3) is 0 Å². The SMILES string of the molecule is Nc1ncc(Cl)cc1C(=O)c1ccco1. The number of rotatable bonds is 2. The zero-order valence-corrected chi connectivity index (χ0v) is 8.36. The van der Waals surface area contributed by atoms with Gasteiger partial charge in [0.2, 0.25) is 5.78 Å². The zero-order valence-electron chi connectivity index (χ0n) is 7.61. The molecule has 15 heavy (non-hydrogen) atoms. The minimum atomic E-state index is -0.326. The van der Waals surface area contributed by atoms with Crippen LogP contribution in [0.4, 0.5) is 5.82 Å². The van der Waals surface area contributed by atoms with E-state index in [1.165, 1.54) is 18.5 Å². The molecule has 0 saturated carbocycles. The fourth-order valence-electron chi connectivity index (χ4n) is 1.17. The third-order valence-corrected chi connectivity index (χ3v) is 2.08. The van der Waals surface area contributed by atoms with Crippen LogP contribution >= 0.6 is 11.6 Å². The van der Waals surface area contributed by atoms with E-state index in [4.69, 9.17) is 21.8 Å². The molecule has 2 aromatic heterocycles. The van der Waals surface area contributed by atoms with Crippen molar-refractivity contribution in [3.8, 4) is 0 Å². The van der Waals surface area contributed by atoms with Crippen LogP contribution in [0.15, 0.2) is 35.1 Å². The van der Waals surface area contributed by atoms with E-state index in [1.807, 2.05) is 0 Å². The molecule has 2 rings (SSSR count). The molecule has 0 saturated heterocycles. The summed E-state index contributed by atoms with van der Waals surface area (Å²) >= 11 is 5.72. The molecule has 0 amide bonds. The molecule has 0 spiro atoms. The summed E-state index contributed by atoms with van der Waals surface area (Å²) in [6, 6.07) is 4.65. The number of halogens is 1. The quantitative estimate of drug-likeness (QED) is 0.791. The molecule has 2 aromatic rings. The van der Waals surface area contributed by atoms with Gasteiger partial charge in [-0.15, -0.1) is 0 Å². The Balaban J connectivity index is 2.46. The van der Waals surface area contributed by atoms with Crippen LogP contribution in [0.1, 0.15) is 16.1 Å². The van der Waals surface area contributed by atoms with Crippen molar-refractivity contribution in [1.29, 1.82) is 0 Å². The predicted molar refractivity (Wildman–Crippen MR) is 55.8 cm³/mol. The first kappa shape index (κ1) is 9.73. The van der Waals surface area contributed by atoms with Gasteiger partial charge in [0, 0.05) is 6.20 Å². The second-order valence-corrected chi connectivity index (χ2v) is 3.33. The van der Waals surface area contributed by atoms with E-state index in [0.717, 1.165) is 0 Å². The number of furan rings is 1. The number of carbonyl (C=O) groups is 1. The Morgan fingerprint density at radius 2 is 2.33 bits per heavy atom. The van der Waals surface area contributed by atoms with E-state index < -0.39 is 0 Å². The number of ketones is 1. The number of hydrogen-bond donors (Lipinski definition) is 1. The van der Waals surface area contributed by atoms with Crippen LogP contribution in [-0.4, -0.2) is 10.8 Å². The fourth-order valence-corrected chi connectivity index (χ4v) is 1.33. The molecule has 0 unspecified atom stereocenters. The van der Waals surface area contributed by atoms with Crippen molar-refractivity contribution < 1.29 is 9.21 Å². The molecule has 2 heterocycles. The Labute approximate surface area is 90.7 Å². The highest BCUT2D eigenvalue weighted by molar-refractivity contribution is 6.31. The molecular formula is C10H7ClN2O2. The summed E-state index contributed by atoms with van der Waals surface area (Å²) in [5.41, 5.74) is 5.81. The van der Waals surface area contributed by atoms with Crippen molar-refractivity contribution in [1.82, 2.24) is 4.98 Å². The molecular weight excluding hydrogens is 216 g/mol. The average Bonchev–Trinajstić information content (AvgIpc) is 2.74. The van der Waals surface area contributed by atoms with Gasteiger partial charge in [-0.2, -0.15) is 0 Å². The van der Waals surface area contributed by atoms with E-state index in [2.05, 4.69) is 4.98 Å². The molecule has 0 bridgehead atoms. The summed E-state index contributed by atoms with van der Waals surface area (Å²) in [5, 5.41) is 0.360. The van der Waals surface area contributed by atoms with Gasteiger partial charge in [-0.05, 0) is 18.2 Å². The number of pyridine rings is 1. The minimum absolute atomic E-state index is 0.140. The Morgan fingerprint density at radius 1 is 1.53 bits per heavy atom. The van der Waals surface area contributed by atoms with Crippen LogP contribution in [0.25, 0.3) is 0 Å². The lowest BCUT2D eigenvalue weighted by Crippen LogP contribution is -2.05. The molecule has 0 aromatic carbocycles. The van der Waals surface area contributed by atoms with E-state index in [1.54, 1.807) is 12.1 Å². The number of nitrogens with two attached hydrogens (primary N) is 1. The highest BCUT2D eigenvalue weighted by Crippen LogP contribution is 2.18. The molecule has 0 radical (unpaired) electrons. The van der Waals surface area contributed by atoms with Crippen molar-refractivity contribution in [2.24, 2.45) is 0 Å². The van der Waals surface area contributed by atoms with Crippen LogP contribution in [0.2, 0.25) is 5.02 Å². The van der Waals surface area contributed by atoms with E-state index in [0.29, 0.717) is 5.02 Å². The van der Waals surface area contributed by atoms with Crippen molar-refractivity contribution >= 4 is 23.2 Å². The monoisotopic (exact) mass is 222 g/mol. The largest absolute Gasteiger partial charge is 0.461 e. The number of anilines is 1. The summed E-state index contributed by atoms with van der Waals surface area (Å²) in [4.78, 5) is 15.6. The van der Waals surface area contributed by atoms with Gasteiger partial charge in [0.05, 0.1) is 16.8 Å². The third kappa shape index (κ3) is 1.85. The maximum atomic E-state index is 11.8. The summed E-state index contributed by atoms with van der Waals surface area (Å²) in [6.07, 6.45) is 2.80. The number of nitrogen functional groups attached to an aromatic ring is 1. The Bertz CT molecular complexity index is 494. The maximum Gasteiger partial charge on any atom is 0.231 e. The smallest absolute Gasteiger partial charge is 0.231 e. The lowest BCUT2D eigenvalue weighted by Gasteiger charge is -2.01. The van der Waals surface area contributed by atoms with E-state index in [-0.39, 0.29) is 22.9 Å². The summed E-state index contributed by atoms with van der Waals surface area (Å²) < 4.78 is 4.97. The molecule has 0 atom stereocenters. The molecule has 2 N–H and O–H groups in total. The summed E-state index contributed by atoms with van der Waals surface area (Å²) in [7, 11) is 0. The van der Waals surface area contributed by atoms with Crippen molar-refractivity contribution in [2.45, 2.75) is 0 Å². The van der Waals surface area contributed by atoms with Gasteiger partial charge in [0.15, 0.2) is 5.76 Å². The molecule has 0 fully saturated rings. The Kier molecular flexibility index (Phi) is 2.43. The van der Waals surface area contributed by atoms with Gasteiger partial charge in [-0.25, -0.2) is 4.98 Å². The van der Waals surface area contributed by atoms with Gasteiger partial charge in [-0.1, -0.05) is 11.6 Å². The van der Waals surface area contributed by atoms with Gasteiger partial charge < -0.3 is 10.2 Å². The van der Waals surface area contributed by atoms with Crippen LogP contribution < -0.4 is 5.73 Å². The average molecular weight is 223 g/mol. The highest BCUT2D eigenvalue weighted by Gasteiger charge is 2.15. The Hall–Kier alpha value is -1.81.